The summed E-state index contributed by atoms with van der Waals surface area (Å²) in [7, 11) is -1.39. The van der Waals surface area contributed by atoms with Crippen LogP contribution in [0.2, 0.25) is 0 Å². The van der Waals surface area contributed by atoms with Gasteiger partial charge >= 0.3 is 0 Å². The predicted octanol–water partition coefficient (Wildman–Crippen LogP) is 2.27. The first-order valence-electron chi connectivity index (χ1n) is 6.68. The van der Waals surface area contributed by atoms with E-state index in [1.54, 1.807) is 0 Å². The second-order valence-electron chi connectivity index (χ2n) is 4.77. The monoisotopic (exact) mass is 352 g/mol. The number of benzene rings is 2. The second-order valence-corrected chi connectivity index (χ2v) is 6.54. The third-order valence-electron chi connectivity index (χ3n) is 3.19. The molecule has 0 saturated carbocycles. The molecule has 0 aromatic heterocycles. The zero-order chi connectivity index (χ0) is 17.9. The summed E-state index contributed by atoms with van der Waals surface area (Å²) < 4.78 is 34.9. The van der Waals surface area contributed by atoms with Crippen molar-refractivity contribution in [3.63, 3.8) is 0 Å². The van der Waals surface area contributed by atoms with Gasteiger partial charge in [-0.2, -0.15) is 0 Å². The fourth-order valence-corrected chi connectivity index (χ4v) is 3.24. The Morgan fingerprint density at radius 1 is 0.917 bits per heavy atom. The summed E-state index contributed by atoms with van der Waals surface area (Å²) in [6.45, 7) is 0. The van der Waals surface area contributed by atoms with Crippen molar-refractivity contribution in [1.82, 2.24) is 0 Å². The molecule has 2 aromatic carbocycles. The van der Waals surface area contributed by atoms with Crippen molar-refractivity contribution in [1.29, 1.82) is 0 Å². The van der Waals surface area contributed by atoms with Crippen LogP contribution in [0.5, 0.6) is 28.7 Å². The minimum absolute atomic E-state index is 0.0648. The SMILES string of the molecule is COc1cc(O)c(S(=O)(=O)/C=C/c2ccc(O)c(O)c2)c(OC)c1. The molecule has 0 spiro atoms. The van der Waals surface area contributed by atoms with Crippen molar-refractivity contribution < 1.29 is 33.2 Å². The minimum atomic E-state index is -4.04. The molecule has 0 aliphatic rings. The number of ether oxygens (including phenoxy) is 2. The number of methoxy groups -OCH3 is 2. The summed E-state index contributed by atoms with van der Waals surface area (Å²) in [6.07, 6.45) is 1.22. The quantitative estimate of drug-likeness (QED) is 0.707. The molecular weight excluding hydrogens is 336 g/mol. The number of hydrogen-bond acceptors (Lipinski definition) is 7. The van der Waals surface area contributed by atoms with Crippen molar-refractivity contribution in [2.24, 2.45) is 0 Å². The molecule has 3 N–H and O–H groups in total. The van der Waals surface area contributed by atoms with Crippen LogP contribution in [-0.4, -0.2) is 38.0 Å². The summed E-state index contributed by atoms with van der Waals surface area (Å²) in [5.41, 5.74) is 0.348. The highest BCUT2D eigenvalue weighted by molar-refractivity contribution is 7.94. The van der Waals surface area contributed by atoms with Gasteiger partial charge in [-0.05, 0) is 23.8 Å². The number of sulfone groups is 1. The average molecular weight is 352 g/mol. The minimum Gasteiger partial charge on any atom is -0.506 e. The van der Waals surface area contributed by atoms with Gasteiger partial charge in [0.1, 0.15) is 17.2 Å². The van der Waals surface area contributed by atoms with Gasteiger partial charge < -0.3 is 24.8 Å². The van der Waals surface area contributed by atoms with Crippen molar-refractivity contribution in [3.8, 4) is 28.7 Å². The maximum Gasteiger partial charge on any atom is 0.207 e. The van der Waals surface area contributed by atoms with E-state index >= 15 is 0 Å². The molecule has 8 heteroatoms. The number of rotatable bonds is 5. The molecule has 128 valence electrons. The fraction of sp³-hybridized carbons (Fsp3) is 0.125. The van der Waals surface area contributed by atoms with Gasteiger partial charge in [-0.3, -0.25) is 0 Å². The molecule has 0 aliphatic carbocycles. The average Bonchev–Trinajstić information content (AvgIpc) is 2.54. The summed E-state index contributed by atoms with van der Waals surface area (Å²) in [5.74, 6) is -1.02. The van der Waals surface area contributed by atoms with Crippen LogP contribution in [0.4, 0.5) is 0 Å². The van der Waals surface area contributed by atoms with E-state index < -0.39 is 20.5 Å². The summed E-state index contributed by atoms with van der Waals surface area (Å²) >= 11 is 0. The van der Waals surface area contributed by atoms with Crippen LogP contribution in [0.15, 0.2) is 40.6 Å². The van der Waals surface area contributed by atoms with E-state index in [9.17, 15) is 23.7 Å². The Balaban J connectivity index is 2.47. The lowest BCUT2D eigenvalue weighted by molar-refractivity contribution is 0.371. The Labute approximate surface area is 138 Å². The molecule has 0 saturated heterocycles. The molecule has 0 atom stereocenters. The van der Waals surface area contributed by atoms with E-state index in [1.165, 1.54) is 44.6 Å². The Kier molecular flexibility index (Phi) is 4.89. The highest BCUT2D eigenvalue weighted by atomic mass is 32.2. The molecular formula is C16H16O7S. The lowest BCUT2D eigenvalue weighted by atomic mass is 10.2. The van der Waals surface area contributed by atoms with E-state index in [0.29, 0.717) is 5.56 Å². The van der Waals surface area contributed by atoms with Crippen LogP contribution in [0.25, 0.3) is 6.08 Å². The first kappa shape index (κ1) is 17.5. The summed E-state index contributed by atoms with van der Waals surface area (Å²) in [6, 6.07) is 6.36. The van der Waals surface area contributed by atoms with Crippen LogP contribution < -0.4 is 9.47 Å². The van der Waals surface area contributed by atoms with Gasteiger partial charge in [0, 0.05) is 17.5 Å². The second kappa shape index (κ2) is 6.71. The predicted molar refractivity (Wildman–Crippen MR) is 87.2 cm³/mol. The smallest absolute Gasteiger partial charge is 0.207 e. The third-order valence-corrected chi connectivity index (χ3v) is 4.66. The van der Waals surface area contributed by atoms with E-state index in [4.69, 9.17) is 9.47 Å². The van der Waals surface area contributed by atoms with E-state index in [0.717, 1.165) is 11.5 Å². The van der Waals surface area contributed by atoms with E-state index in [2.05, 4.69) is 0 Å². The highest BCUT2D eigenvalue weighted by Gasteiger charge is 2.23. The maximum atomic E-state index is 12.5. The number of phenols is 3. The maximum absolute atomic E-state index is 12.5. The highest BCUT2D eigenvalue weighted by Crippen LogP contribution is 2.38. The summed E-state index contributed by atoms with van der Waals surface area (Å²) in [5, 5.41) is 29.5. The topological polar surface area (TPSA) is 113 Å². The van der Waals surface area contributed by atoms with E-state index in [1.807, 2.05) is 0 Å². The zero-order valence-corrected chi connectivity index (χ0v) is 13.7. The fourth-order valence-electron chi connectivity index (χ4n) is 2.00. The van der Waals surface area contributed by atoms with Gasteiger partial charge in [0.05, 0.1) is 14.2 Å². The molecule has 2 rings (SSSR count). The Morgan fingerprint density at radius 2 is 1.62 bits per heavy atom. The largest absolute Gasteiger partial charge is 0.506 e. The molecule has 0 unspecified atom stereocenters. The van der Waals surface area contributed by atoms with Crippen LogP contribution in [0.3, 0.4) is 0 Å². The lowest BCUT2D eigenvalue weighted by Crippen LogP contribution is -2.01. The molecule has 0 radical (unpaired) electrons. The molecule has 0 aliphatic heterocycles. The molecule has 24 heavy (non-hydrogen) atoms. The third kappa shape index (κ3) is 3.54. The van der Waals surface area contributed by atoms with Crippen molar-refractivity contribution in [2.75, 3.05) is 14.2 Å². The van der Waals surface area contributed by atoms with Gasteiger partial charge in [-0.1, -0.05) is 6.07 Å². The molecule has 0 fully saturated rings. The van der Waals surface area contributed by atoms with Crippen molar-refractivity contribution >= 4 is 15.9 Å². The molecule has 7 nitrogen and oxygen atoms in total. The van der Waals surface area contributed by atoms with Gasteiger partial charge in [0.15, 0.2) is 16.4 Å². The lowest BCUT2D eigenvalue weighted by Gasteiger charge is -2.11. The Morgan fingerprint density at radius 3 is 2.21 bits per heavy atom. The molecule has 0 heterocycles. The first-order valence-corrected chi connectivity index (χ1v) is 8.23. The number of phenolic OH excluding ortho intramolecular Hbond substituents is 3. The van der Waals surface area contributed by atoms with Crippen molar-refractivity contribution in [3.05, 3.63) is 41.3 Å². The normalized spacial score (nSPS) is 11.6. The van der Waals surface area contributed by atoms with Gasteiger partial charge in [0.25, 0.3) is 0 Å². The van der Waals surface area contributed by atoms with Gasteiger partial charge in [0.2, 0.25) is 9.84 Å². The molecule has 0 amide bonds. The zero-order valence-electron chi connectivity index (χ0n) is 12.9. The van der Waals surface area contributed by atoms with Crippen molar-refractivity contribution in [2.45, 2.75) is 4.90 Å². The van der Waals surface area contributed by atoms with Crippen LogP contribution in [-0.2, 0) is 9.84 Å². The summed E-state index contributed by atoms with van der Waals surface area (Å²) in [4.78, 5) is -0.398. The van der Waals surface area contributed by atoms with Crippen LogP contribution >= 0.6 is 0 Å². The first-order chi connectivity index (χ1) is 11.3. The van der Waals surface area contributed by atoms with Crippen LogP contribution in [0.1, 0.15) is 5.56 Å². The number of aromatic hydroxyl groups is 3. The standard InChI is InChI=1S/C16H16O7S/c1-22-11-8-14(19)16(15(9-11)23-2)24(20,21)6-5-10-3-4-12(17)13(18)7-10/h3-9,17-19H,1-2H3/b6-5+. The Hall–Kier alpha value is -2.87. The Bertz CT molecular complexity index is 886. The molecule has 0 bridgehead atoms. The van der Waals surface area contributed by atoms with Gasteiger partial charge in [-0.15, -0.1) is 0 Å². The van der Waals surface area contributed by atoms with Gasteiger partial charge in [-0.25, -0.2) is 8.42 Å². The number of hydrogen-bond donors (Lipinski definition) is 3. The van der Waals surface area contributed by atoms with Crippen LogP contribution in [0, 0.1) is 0 Å². The van der Waals surface area contributed by atoms with E-state index in [-0.39, 0.29) is 23.0 Å². The molecule has 2 aromatic rings.